The average Bonchev–Trinajstić information content (AvgIpc) is 2.54. The van der Waals surface area contributed by atoms with Crippen LogP contribution in [0.3, 0.4) is 0 Å². The van der Waals surface area contributed by atoms with Gasteiger partial charge in [-0.3, -0.25) is 0 Å². The van der Waals surface area contributed by atoms with Crippen molar-refractivity contribution in [2.75, 3.05) is 5.73 Å². The lowest BCUT2D eigenvalue weighted by Crippen LogP contribution is -1.90. The first kappa shape index (κ1) is 8.29. The van der Waals surface area contributed by atoms with E-state index in [1.54, 1.807) is 0 Å². The summed E-state index contributed by atoms with van der Waals surface area (Å²) < 4.78 is 2.14. The van der Waals surface area contributed by atoms with Crippen molar-refractivity contribution in [3.05, 3.63) is 36.5 Å². The Kier molecular flexibility index (Phi) is 1.51. The van der Waals surface area contributed by atoms with Gasteiger partial charge in [0.2, 0.25) is 0 Å². The Morgan fingerprint density at radius 3 is 2.80 bits per heavy atom. The van der Waals surface area contributed by atoms with Crippen molar-refractivity contribution in [3.8, 4) is 0 Å². The van der Waals surface area contributed by atoms with Crippen LogP contribution in [0.25, 0.3) is 21.8 Å². The molecule has 0 aliphatic heterocycles. The van der Waals surface area contributed by atoms with Gasteiger partial charge in [-0.1, -0.05) is 18.2 Å². The smallest absolute Gasteiger partial charge is 0.124 e. The van der Waals surface area contributed by atoms with Crippen LogP contribution in [0, 0.1) is 0 Å². The molecule has 0 spiro atoms. The summed E-state index contributed by atoms with van der Waals surface area (Å²) in [5, 5.41) is 2.39. The molecule has 0 fully saturated rings. The molecule has 0 amide bonds. The maximum absolute atomic E-state index is 5.70. The highest BCUT2D eigenvalue weighted by atomic mass is 15.0. The maximum Gasteiger partial charge on any atom is 0.124 e. The standard InChI is InChI=1S/C12H11N3/c1-15-10-5-3-2-4-8(10)9-6-12(13)14-7-11(9)15/h2-7H,1H3,(H2,13,14). The van der Waals surface area contributed by atoms with Gasteiger partial charge in [-0.2, -0.15) is 0 Å². The lowest BCUT2D eigenvalue weighted by Gasteiger charge is -1.96. The number of nitrogen functional groups attached to an aromatic ring is 1. The van der Waals surface area contributed by atoms with E-state index in [9.17, 15) is 0 Å². The Bertz CT molecular complexity index is 652. The van der Waals surface area contributed by atoms with Crippen LogP contribution < -0.4 is 5.73 Å². The van der Waals surface area contributed by atoms with E-state index in [1.165, 1.54) is 16.3 Å². The zero-order valence-corrected chi connectivity index (χ0v) is 8.44. The third kappa shape index (κ3) is 1.03. The Morgan fingerprint density at radius 1 is 1.13 bits per heavy atom. The highest BCUT2D eigenvalue weighted by Gasteiger charge is 2.07. The van der Waals surface area contributed by atoms with Gasteiger partial charge in [0.25, 0.3) is 0 Å². The van der Waals surface area contributed by atoms with Gasteiger partial charge in [0, 0.05) is 23.3 Å². The molecule has 2 heterocycles. The van der Waals surface area contributed by atoms with Crippen LogP contribution in [0.15, 0.2) is 36.5 Å². The first-order valence-corrected chi connectivity index (χ1v) is 4.86. The fraction of sp³-hybridized carbons (Fsp3) is 0.0833. The summed E-state index contributed by atoms with van der Waals surface area (Å²) in [6.45, 7) is 0. The number of nitrogens with zero attached hydrogens (tertiary/aromatic N) is 2. The van der Waals surface area contributed by atoms with Gasteiger partial charge in [0.05, 0.1) is 11.7 Å². The van der Waals surface area contributed by atoms with Crippen molar-refractivity contribution in [2.24, 2.45) is 7.05 Å². The predicted molar refractivity (Wildman–Crippen MR) is 62.6 cm³/mol. The fourth-order valence-corrected chi connectivity index (χ4v) is 2.07. The molecule has 0 unspecified atom stereocenters. The molecule has 0 saturated heterocycles. The van der Waals surface area contributed by atoms with Crippen molar-refractivity contribution in [2.45, 2.75) is 0 Å². The molecule has 0 saturated carbocycles. The minimum Gasteiger partial charge on any atom is -0.384 e. The first-order chi connectivity index (χ1) is 7.27. The number of para-hydroxylation sites is 1. The number of nitrogens with two attached hydrogens (primary N) is 1. The molecular formula is C12H11N3. The van der Waals surface area contributed by atoms with Gasteiger partial charge in [-0.15, -0.1) is 0 Å². The summed E-state index contributed by atoms with van der Waals surface area (Å²) in [7, 11) is 2.04. The number of hydrogen-bond donors (Lipinski definition) is 1. The van der Waals surface area contributed by atoms with Crippen molar-refractivity contribution in [1.29, 1.82) is 0 Å². The number of anilines is 1. The van der Waals surface area contributed by atoms with E-state index in [2.05, 4.69) is 21.7 Å². The number of fused-ring (bicyclic) bond motifs is 3. The molecule has 0 aliphatic carbocycles. The van der Waals surface area contributed by atoms with Crippen molar-refractivity contribution in [1.82, 2.24) is 9.55 Å². The van der Waals surface area contributed by atoms with Crippen LogP contribution in [0.1, 0.15) is 0 Å². The van der Waals surface area contributed by atoms with Crippen molar-refractivity contribution < 1.29 is 0 Å². The highest BCUT2D eigenvalue weighted by Crippen LogP contribution is 2.27. The first-order valence-electron chi connectivity index (χ1n) is 4.86. The Balaban J connectivity index is 2.64. The van der Waals surface area contributed by atoms with Crippen molar-refractivity contribution >= 4 is 27.6 Å². The highest BCUT2D eigenvalue weighted by molar-refractivity contribution is 6.08. The Labute approximate surface area is 87.1 Å². The molecule has 2 N–H and O–H groups in total. The second kappa shape index (κ2) is 2.73. The number of hydrogen-bond acceptors (Lipinski definition) is 2. The van der Waals surface area contributed by atoms with E-state index in [0.29, 0.717) is 5.82 Å². The summed E-state index contributed by atoms with van der Waals surface area (Å²) in [6, 6.07) is 10.2. The quantitative estimate of drug-likeness (QED) is 0.601. The molecule has 2 aromatic heterocycles. The lowest BCUT2D eigenvalue weighted by atomic mass is 10.2. The second-order valence-corrected chi connectivity index (χ2v) is 3.70. The fourth-order valence-electron chi connectivity index (χ4n) is 2.07. The minimum atomic E-state index is 0.568. The molecular weight excluding hydrogens is 186 g/mol. The molecule has 3 aromatic rings. The molecule has 0 atom stereocenters. The summed E-state index contributed by atoms with van der Waals surface area (Å²) in [5.74, 6) is 0.568. The molecule has 74 valence electrons. The Hall–Kier alpha value is -2.03. The van der Waals surface area contributed by atoms with E-state index in [0.717, 1.165) is 5.52 Å². The van der Waals surface area contributed by atoms with Crippen LogP contribution in [0.5, 0.6) is 0 Å². The van der Waals surface area contributed by atoms with Crippen LogP contribution in [-0.2, 0) is 7.05 Å². The van der Waals surface area contributed by atoms with Crippen LogP contribution in [0.2, 0.25) is 0 Å². The van der Waals surface area contributed by atoms with E-state index in [1.807, 2.05) is 31.4 Å². The maximum atomic E-state index is 5.70. The average molecular weight is 197 g/mol. The van der Waals surface area contributed by atoms with E-state index in [-0.39, 0.29) is 0 Å². The third-order valence-corrected chi connectivity index (χ3v) is 2.82. The van der Waals surface area contributed by atoms with E-state index in [4.69, 9.17) is 5.73 Å². The summed E-state index contributed by atoms with van der Waals surface area (Å²) in [6.07, 6.45) is 1.82. The van der Waals surface area contributed by atoms with Gasteiger partial charge in [-0.05, 0) is 12.1 Å². The van der Waals surface area contributed by atoms with Crippen LogP contribution in [0.4, 0.5) is 5.82 Å². The molecule has 3 rings (SSSR count). The second-order valence-electron chi connectivity index (χ2n) is 3.70. The van der Waals surface area contributed by atoms with Gasteiger partial charge in [0.15, 0.2) is 0 Å². The number of aromatic nitrogens is 2. The number of benzene rings is 1. The molecule has 3 heteroatoms. The molecule has 1 aromatic carbocycles. The largest absolute Gasteiger partial charge is 0.384 e. The Morgan fingerprint density at radius 2 is 1.93 bits per heavy atom. The normalized spacial score (nSPS) is 11.3. The lowest BCUT2D eigenvalue weighted by molar-refractivity contribution is 1.01. The summed E-state index contributed by atoms with van der Waals surface area (Å²) in [4.78, 5) is 4.12. The zero-order chi connectivity index (χ0) is 10.4. The molecule has 15 heavy (non-hydrogen) atoms. The number of pyridine rings is 1. The van der Waals surface area contributed by atoms with Gasteiger partial charge in [0.1, 0.15) is 5.82 Å². The molecule has 0 radical (unpaired) electrons. The molecule has 3 nitrogen and oxygen atoms in total. The molecule has 0 bridgehead atoms. The predicted octanol–water partition coefficient (Wildman–Crippen LogP) is 2.31. The topological polar surface area (TPSA) is 43.8 Å². The minimum absolute atomic E-state index is 0.568. The zero-order valence-electron chi connectivity index (χ0n) is 8.44. The van der Waals surface area contributed by atoms with Gasteiger partial charge < -0.3 is 10.3 Å². The number of rotatable bonds is 0. The van der Waals surface area contributed by atoms with Gasteiger partial charge >= 0.3 is 0 Å². The van der Waals surface area contributed by atoms with Crippen LogP contribution in [-0.4, -0.2) is 9.55 Å². The summed E-state index contributed by atoms with van der Waals surface area (Å²) in [5.41, 5.74) is 8.03. The van der Waals surface area contributed by atoms with Crippen molar-refractivity contribution in [3.63, 3.8) is 0 Å². The van der Waals surface area contributed by atoms with Crippen LogP contribution >= 0.6 is 0 Å². The SMILES string of the molecule is Cn1c2ccccc2c2cc(N)ncc21. The van der Waals surface area contributed by atoms with E-state index < -0.39 is 0 Å². The number of aryl methyl sites for hydroxylation is 1. The molecule has 0 aliphatic rings. The van der Waals surface area contributed by atoms with Gasteiger partial charge in [-0.25, -0.2) is 4.98 Å². The summed E-state index contributed by atoms with van der Waals surface area (Å²) >= 11 is 0. The van der Waals surface area contributed by atoms with E-state index >= 15 is 0 Å². The monoisotopic (exact) mass is 197 g/mol. The third-order valence-electron chi connectivity index (χ3n) is 2.82.